The van der Waals surface area contributed by atoms with Crippen molar-refractivity contribution in [3.05, 3.63) is 70.7 Å². The summed E-state index contributed by atoms with van der Waals surface area (Å²) >= 11 is 0. The Morgan fingerprint density at radius 3 is 2.53 bits per heavy atom. The van der Waals surface area contributed by atoms with E-state index in [9.17, 15) is 22.7 Å². The lowest BCUT2D eigenvalue weighted by atomic mass is 9.84. The van der Waals surface area contributed by atoms with Gasteiger partial charge in [-0.25, -0.2) is 4.39 Å². The Morgan fingerprint density at radius 2 is 1.88 bits per heavy atom. The summed E-state index contributed by atoms with van der Waals surface area (Å²) in [4.78, 5) is 15.0. The minimum Gasteiger partial charge on any atom is -0.509 e. The van der Waals surface area contributed by atoms with Gasteiger partial charge in [-0.05, 0) is 29.2 Å². The highest BCUT2D eigenvalue weighted by atomic mass is 32.2. The number of aliphatic hydroxyl groups is 1. The van der Waals surface area contributed by atoms with Crippen LogP contribution in [0.1, 0.15) is 31.9 Å². The fourth-order valence-corrected chi connectivity index (χ4v) is 5.42. The van der Waals surface area contributed by atoms with E-state index in [0.717, 1.165) is 0 Å². The third kappa shape index (κ3) is 3.46. The number of rotatable bonds is 4. The van der Waals surface area contributed by atoms with E-state index >= 15 is 0 Å². The fraction of sp³-hybridized carbons (Fsp3) is 0.304. The molecule has 2 aromatic carbocycles. The number of nitrogens with zero attached hydrogens (tertiary/aromatic N) is 2. The number of carbonyl (C=O) groups excluding carboxylic acids is 1. The van der Waals surface area contributed by atoms with Gasteiger partial charge < -0.3 is 14.7 Å². The molecular formula is C23H23FN2O5S. The molecule has 0 aromatic heterocycles. The van der Waals surface area contributed by atoms with Crippen LogP contribution >= 0.6 is 0 Å². The highest BCUT2D eigenvalue weighted by molar-refractivity contribution is 7.90. The average molecular weight is 459 g/mol. The van der Waals surface area contributed by atoms with Crippen LogP contribution in [0.4, 0.5) is 4.39 Å². The number of sulfonamides is 1. The molecule has 2 aliphatic heterocycles. The number of hydrogen-bond donors (Lipinski definition) is 1. The van der Waals surface area contributed by atoms with Crippen molar-refractivity contribution in [3.63, 3.8) is 0 Å². The van der Waals surface area contributed by atoms with Gasteiger partial charge >= 0.3 is 0 Å². The molecule has 9 heteroatoms. The molecule has 2 aliphatic rings. The van der Waals surface area contributed by atoms with Crippen LogP contribution in [0.5, 0.6) is 5.75 Å². The van der Waals surface area contributed by atoms with Gasteiger partial charge in [0.1, 0.15) is 17.0 Å². The van der Waals surface area contributed by atoms with E-state index in [2.05, 4.69) is 4.40 Å². The number of ether oxygens (including phenoxy) is 1. The monoisotopic (exact) mass is 458 g/mol. The van der Waals surface area contributed by atoms with E-state index in [4.69, 9.17) is 4.74 Å². The van der Waals surface area contributed by atoms with Crippen molar-refractivity contribution in [2.45, 2.75) is 38.3 Å². The van der Waals surface area contributed by atoms with Crippen LogP contribution in [0.15, 0.2) is 63.1 Å². The van der Waals surface area contributed by atoms with Crippen LogP contribution in [0, 0.1) is 11.2 Å². The Hall–Kier alpha value is -3.20. The van der Waals surface area contributed by atoms with Crippen molar-refractivity contribution in [1.29, 1.82) is 0 Å². The second-order valence-corrected chi connectivity index (χ2v) is 10.4. The molecule has 0 radical (unpaired) electrons. The van der Waals surface area contributed by atoms with Gasteiger partial charge in [0.25, 0.3) is 15.9 Å². The van der Waals surface area contributed by atoms with Crippen LogP contribution in [0.3, 0.4) is 0 Å². The fourth-order valence-electron chi connectivity index (χ4n) is 4.20. The van der Waals surface area contributed by atoms with Gasteiger partial charge in [-0.2, -0.15) is 12.8 Å². The summed E-state index contributed by atoms with van der Waals surface area (Å²) in [5.41, 5.74) is 0.106. The molecule has 168 valence electrons. The molecule has 32 heavy (non-hydrogen) atoms. The van der Waals surface area contributed by atoms with E-state index < -0.39 is 33.2 Å². The summed E-state index contributed by atoms with van der Waals surface area (Å²) in [5, 5.41) is 11.2. The van der Waals surface area contributed by atoms with E-state index in [1.807, 2.05) is 20.8 Å². The Labute approximate surface area is 185 Å². The molecule has 0 bridgehead atoms. The molecular weight excluding hydrogens is 435 g/mol. The Kier molecular flexibility index (Phi) is 5.12. The molecule has 0 fully saturated rings. The lowest BCUT2D eigenvalue weighted by Crippen LogP contribution is -2.43. The molecule has 0 spiro atoms. The van der Waals surface area contributed by atoms with Gasteiger partial charge in [0.05, 0.1) is 18.0 Å². The zero-order chi connectivity index (χ0) is 23.4. The lowest BCUT2D eigenvalue weighted by Gasteiger charge is -2.35. The highest BCUT2D eigenvalue weighted by Gasteiger charge is 2.48. The standard InChI is InChI=1S/C23H23FN2O5S/c1-23(2,3)21-20(27)18(19-14-7-5-6-8-17(14)32(29,30)25-19)22(28)26(21)12-13-9-10-15(24)16(11-13)31-4/h5-11,21,27H,12H2,1-4H3/t21-/m1/s1. The summed E-state index contributed by atoms with van der Waals surface area (Å²) in [5.74, 6) is -1.27. The summed E-state index contributed by atoms with van der Waals surface area (Å²) in [7, 11) is -2.62. The molecule has 0 saturated heterocycles. The Bertz CT molecular complexity index is 1290. The smallest absolute Gasteiger partial charge is 0.283 e. The van der Waals surface area contributed by atoms with Crippen LogP contribution in [-0.2, 0) is 21.4 Å². The van der Waals surface area contributed by atoms with E-state index in [1.54, 1.807) is 18.2 Å². The van der Waals surface area contributed by atoms with E-state index in [1.165, 1.54) is 36.3 Å². The first kappa shape index (κ1) is 22.0. The Balaban J connectivity index is 1.81. The first-order valence-corrected chi connectivity index (χ1v) is 11.4. The summed E-state index contributed by atoms with van der Waals surface area (Å²) in [6, 6.07) is 9.74. The summed E-state index contributed by atoms with van der Waals surface area (Å²) in [6.07, 6.45) is 0. The quantitative estimate of drug-likeness (QED) is 0.755. The lowest BCUT2D eigenvalue weighted by molar-refractivity contribution is -0.129. The minimum absolute atomic E-state index is 0.00266. The molecule has 1 amide bonds. The molecule has 2 heterocycles. The first-order chi connectivity index (χ1) is 15.0. The van der Waals surface area contributed by atoms with Gasteiger partial charge in [0.2, 0.25) is 0 Å². The summed E-state index contributed by atoms with van der Waals surface area (Å²) in [6.45, 7) is 5.66. The van der Waals surface area contributed by atoms with E-state index in [0.29, 0.717) is 5.56 Å². The predicted molar refractivity (Wildman–Crippen MR) is 117 cm³/mol. The second kappa shape index (κ2) is 7.44. The van der Waals surface area contributed by atoms with Crippen molar-refractivity contribution in [2.24, 2.45) is 9.81 Å². The molecule has 0 aliphatic carbocycles. The number of methoxy groups -OCH3 is 1. The molecule has 0 unspecified atom stereocenters. The van der Waals surface area contributed by atoms with Crippen LogP contribution < -0.4 is 4.74 Å². The normalized spacial score (nSPS) is 19.9. The number of fused-ring (bicyclic) bond motifs is 1. The predicted octanol–water partition coefficient (Wildman–Crippen LogP) is 3.59. The average Bonchev–Trinajstić information content (AvgIpc) is 3.13. The topological polar surface area (TPSA) is 96.3 Å². The number of carbonyl (C=O) groups is 1. The van der Waals surface area contributed by atoms with Crippen molar-refractivity contribution < 1.29 is 27.4 Å². The maximum atomic E-state index is 13.8. The van der Waals surface area contributed by atoms with Gasteiger partial charge in [-0.15, -0.1) is 0 Å². The van der Waals surface area contributed by atoms with Crippen molar-refractivity contribution in [1.82, 2.24) is 4.90 Å². The molecule has 2 aromatic rings. The van der Waals surface area contributed by atoms with Gasteiger partial charge in [0.15, 0.2) is 11.6 Å². The third-order valence-electron chi connectivity index (χ3n) is 5.56. The van der Waals surface area contributed by atoms with Gasteiger partial charge in [-0.1, -0.05) is 45.0 Å². The van der Waals surface area contributed by atoms with Crippen LogP contribution in [0.2, 0.25) is 0 Å². The van der Waals surface area contributed by atoms with Crippen molar-refractivity contribution in [2.75, 3.05) is 7.11 Å². The first-order valence-electron chi connectivity index (χ1n) is 9.97. The van der Waals surface area contributed by atoms with Crippen LogP contribution in [-0.4, -0.2) is 43.2 Å². The molecule has 4 rings (SSSR count). The zero-order valence-electron chi connectivity index (χ0n) is 18.1. The van der Waals surface area contributed by atoms with Crippen molar-refractivity contribution >= 4 is 21.6 Å². The number of hydrogen-bond acceptors (Lipinski definition) is 5. The maximum Gasteiger partial charge on any atom is 0.283 e. The Morgan fingerprint density at radius 1 is 1.19 bits per heavy atom. The molecule has 1 atom stereocenters. The number of halogens is 1. The minimum atomic E-state index is -3.97. The molecule has 7 nitrogen and oxygen atoms in total. The largest absolute Gasteiger partial charge is 0.509 e. The highest BCUT2D eigenvalue weighted by Crippen LogP contribution is 2.41. The zero-order valence-corrected chi connectivity index (χ0v) is 18.9. The van der Waals surface area contributed by atoms with Gasteiger partial charge in [-0.3, -0.25) is 4.79 Å². The molecule has 1 N–H and O–H groups in total. The maximum absolute atomic E-state index is 13.8. The SMILES string of the molecule is COc1cc(CN2C(=O)C(C3=NS(=O)(=O)c4ccccc43)=C(O)[C@@H]2C(C)(C)C)ccc1F. The number of amides is 1. The number of benzene rings is 2. The molecule has 0 saturated carbocycles. The van der Waals surface area contributed by atoms with Crippen molar-refractivity contribution in [3.8, 4) is 5.75 Å². The van der Waals surface area contributed by atoms with E-state index in [-0.39, 0.29) is 39.8 Å². The second-order valence-electron chi connectivity index (χ2n) is 8.84. The third-order valence-corrected chi connectivity index (χ3v) is 6.89. The summed E-state index contributed by atoms with van der Waals surface area (Å²) < 4.78 is 47.7. The van der Waals surface area contributed by atoms with Gasteiger partial charge in [0, 0.05) is 12.1 Å². The number of aliphatic hydroxyl groups excluding tert-OH is 1. The van der Waals surface area contributed by atoms with Crippen LogP contribution in [0.25, 0.3) is 0 Å².